The minimum absolute atomic E-state index is 1.19. The van der Waals surface area contributed by atoms with E-state index in [-0.39, 0.29) is 0 Å². The highest BCUT2D eigenvalue weighted by Gasteiger charge is 1.96. The second-order valence-electron chi connectivity index (χ2n) is 2.86. The highest BCUT2D eigenvalue weighted by atomic mass is 15.2. The van der Waals surface area contributed by atoms with E-state index in [1.807, 2.05) is 44.6 Å². The first kappa shape index (κ1) is 13.7. The number of pyridine rings is 1. The minimum atomic E-state index is 1.19. The van der Waals surface area contributed by atoms with Crippen LogP contribution >= 0.6 is 0 Å². The van der Waals surface area contributed by atoms with Crippen molar-refractivity contribution in [2.24, 2.45) is 0 Å². The first-order valence-electron chi connectivity index (χ1n) is 5.68. The van der Waals surface area contributed by atoms with Crippen LogP contribution in [0, 0.1) is 13.8 Å². The lowest BCUT2D eigenvalue weighted by Crippen LogP contribution is -1.86. The molecule has 0 N–H and O–H groups in total. The normalized spacial score (nSPS) is 8.67. The van der Waals surface area contributed by atoms with Gasteiger partial charge in [-0.1, -0.05) is 33.8 Å². The molecule has 2 aromatic rings. The zero-order valence-electron chi connectivity index (χ0n) is 10.7. The average Bonchev–Trinajstić information content (AvgIpc) is 2.65. The van der Waals surface area contributed by atoms with Crippen LogP contribution in [0.2, 0.25) is 0 Å². The van der Waals surface area contributed by atoms with Gasteiger partial charge in [-0.2, -0.15) is 5.10 Å². The molecule has 0 aromatic carbocycles. The number of hydrogen-bond donors (Lipinski definition) is 0. The van der Waals surface area contributed by atoms with Crippen molar-refractivity contribution in [3.8, 4) is 0 Å². The van der Waals surface area contributed by atoms with Crippen molar-refractivity contribution in [1.29, 1.82) is 0 Å². The number of hydrogen-bond acceptors (Lipinski definition) is 1. The van der Waals surface area contributed by atoms with Crippen molar-refractivity contribution < 1.29 is 0 Å². The quantitative estimate of drug-likeness (QED) is 0.636. The molecule has 2 heterocycles. The van der Waals surface area contributed by atoms with Crippen LogP contribution < -0.4 is 0 Å². The highest BCUT2D eigenvalue weighted by Crippen LogP contribution is 2.09. The monoisotopic (exact) mass is 206 g/mol. The number of aryl methyl sites for hydroxylation is 2. The summed E-state index contributed by atoms with van der Waals surface area (Å²) in [5, 5.41) is 4.20. The van der Waals surface area contributed by atoms with Crippen molar-refractivity contribution in [2.45, 2.75) is 41.5 Å². The molecule has 0 saturated carbocycles. The first-order chi connectivity index (χ1) is 7.27. The molecule has 0 spiro atoms. The van der Waals surface area contributed by atoms with Crippen molar-refractivity contribution in [2.75, 3.05) is 0 Å². The predicted molar refractivity (Wildman–Crippen MR) is 67.4 cm³/mol. The molecule has 0 fully saturated rings. The Bertz CT molecular complexity index is 388. The maximum atomic E-state index is 4.20. The molecule has 0 bridgehead atoms. The van der Waals surface area contributed by atoms with E-state index in [0.29, 0.717) is 0 Å². The van der Waals surface area contributed by atoms with E-state index in [1.165, 1.54) is 16.6 Å². The number of fused-ring (bicyclic) bond motifs is 1. The zero-order chi connectivity index (χ0) is 11.8. The molecule has 0 aliphatic carbocycles. The van der Waals surface area contributed by atoms with Crippen molar-refractivity contribution in [1.82, 2.24) is 9.61 Å². The van der Waals surface area contributed by atoms with Crippen LogP contribution in [0.4, 0.5) is 0 Å². The summed E-state index contributed by atoms with van der Waals surface area (Å²) < 4.78 is 1.91. The van der Waals surface area contributed by atoms with E-state index in [0.717, 1.165) is 0 Å². The Morgan fingerprint density at radius 2 is 1.60 bits per heavy atom. The molecule has 0 saturated heterocycles. The van der Waals surface area contributed by atoms with Crippen LogP contribution in [0.25, 0.3) is 5.52 Å². The maximum absolute atomic E-state index is 4.20. The van der Waals surface area contributed by atoms with E-state index >= 15 is 0 Å². The largest absolute Gasteiger partial charge is 0.240 e. The lowest BCUT2D eigenvalue weighted by Gasteiger charge is -1.94. The third kappa shape index (κ3) is 3.39. The Labute approximate surface area is 92.9 Å². The van der Waals surface area contributed by atoms with Crippen molar-refractivity contribution in [3.63, 3.8) is 0 Å². The summed E-state index contributed by atoms with van der Waals surface area (Å²) in [6, 6.07) is 4.20. The van der Waals surface area contributed by atoms with Gasteiger partial charge in [0, 0.05) is 6.20 Å². The molecule has 2 heteroatoms. The van der Waals surface area contributed by atoms with E-state index in [2.05, 4.69) is 31.1 Å². The summed E-state index contributed by atoms with van der Waals surface area (Å²) >= 11 is 0. The SMILES string of the molecule is CC.CC.Cc1ccc2c(C)cnn2c1. The predicted octanol–water partition coefficient (Wildman–Crippen LogP) is 4.00. The topological polar surface area (TPSA) is 17.3 Å². The van der Waals surface area contributed by atoms with Gasteiger partial charge < -0.3 is 0 Å². The second kappa shape index (κ2) is 7.04. The van der Waals surface area contributed by atoms with Gasteiger partial charge in [-0.15, -0.1) is 0 Å². The Hall–Kier alpha value is -1.31. The Morgan fingerprint density at radius 1 is 1.00 bits per heavy atom. The molecule has 15 heavy (non-hydrogen) atoms. The molecular formula is C13H22N2. The summed E-state index contributed by atoms with van der Waals surface area (Å²) in [5.41, 5.74) is 3.65. The van der Waals surface area contributed by atoms with Gasteiger partial charge >= 0.3 is 0 Å². The number of aromatic nitrogens is 2. The highest BCUT2D eigenvalue weighted by molar-refractivity contribution is 5.53. The molecule has 84 valence electrons. The summed E-state index contributed by atoms with van der Waals surface area (Å²) in [6.07, 6.45) is 3.91. The summed E-state index contributed by atoms with van der Waals surface area (Å²) in [6.45, 7) is 12.1. The van der Waals surface area contributed by atoms with Gasteiger partial charge in [-0.3, -0.25) is 0 Å². The molecule has 0 radical (unpaired) electrons. The van der Waals surface area contributed by atoms with Crippen molar-refractivity contribution in [3.05, 3.63) is 35.7 Å². The van der Waals surface area contributed by atoms with Gasteiger partial charge in [0.1, 0.15) is 0 Å². The van der Waals surface area contributed by atoms with E-state index in [1.54, 1.807) is 0 Å². The molecule has 0 amide bonds. The lowest BCUT2D eigenvalue weighted by atomic mass is 10.2. The molecule has 2 nitrogen and oxygen atoms in total. The van der Waals surface area contributed by atoms with Gasteiger partial charge in [0.25, 0.3) is 0 Å². The average molecular weight is 206 g/mol. The maximum Gasteiger partial charge on any atom is 0.0690 e. The fourth-order valence-corrected chi connectivity index (χ4v) is 1.21. The fraction of sp³-hybridized carbons (Fsp3) is 0.462. The molecule has 0 aliphatic heterocycles. The molecule has 0 atom stereocenters. The van der Waals surface area contributed by atoms with Gasteiger partial charge in [0.05, 0.1) is 11.7 Å². The zero-order valence-corrected chi connectivity index (χ0v) is 10.7. The van der Waals surface area contributed by atoms with Crippen molar-refractivity contribution >= 4 is 5.52 Å². The van der Waals surface area contributed by atoms with Gasteiger partial charge in [-0.05, 0) is 31.0 Å². The van der Waals surface area contributed by atoms with Gasteiger partial charge in [-0.25, -0.2) is 4.52 Å². The first-order valence-corrected chi connectivity index (χ1v) is 5.68. The molecule has 2 aromatic heterocycles. The van der Waals surface area contributed by atoms with Crippen LogP contribution in [-0.4, -0.2) is 9.61 Å². The Morgan fingerprint density at radius 3 is 2.20 bits per heavy atom. The Balaban J connectivity index is 0.000000442. The van der Waals surface area contributed by atoms with Crippen LogP contribution in [0.1, 0.15) is 38.8 Å². The smallest absolute Gasteiger partial charge is 0.0690 e. The third-order valence-electron chi connectivity index (χ3n) is 1.86. The Kier molecular flexibility index (Phi) is 6.43. The van der Waals surface area contributed by atoms with Crippen LogP contribution in [0.5, 0.6) is 0 Å². The van der Waals surface area contributed by atoms with E-state index < -0.39 is 0 Å². The van der Waals surface area contributed by atoms with E-state index in [4.69, 9.17) is 0 Å². The molecular weight excluding hydrogens is 184 g/mol. The molecule has 0 aliphatic rings. The van der Waals surface area contributed by atoms with Crippen LogP contribution in [-0.2, 0) is 0 Å². The van der Waals surface area contributed by atoms with Crippen LogP contribution in [0.3, 0.4) is 0 Å². The van der Waals surface area contributed by atoms with Crippen LogP contribution in [0.15, 0.2) is 24.5 Å². The third-order valence-corrected chi connectivity index (χ3v) is 1.86. The summed E-state index contributed by atoms with van der Waals surface area (Å²) in [4.78, 5) is 0. The lowest BCUT2D eigenvalue weighted by molar-refractivity contribution is 0.952. The standard InChI is InChI=1S/C9H10N2.2C2H6/c1-7-3-4-9-8(2)5-10-11(9)6-7;2*1-2/h3-6H,1-2H3;2*1-2H3. The second-order valence-corrected chi connectivity index (χ2v) is 2.86. The summed E-state index contributed by atoms with van der Waals surface area (Å²) in [7, 11) is 0. The van der Waals surface area contributed by atoms with Gasteiger partial charge in [0.2, 0.25) is 0 Å². The number of rotatable bonds is 0. The van der Waals surface area contributed by atoms with Gasteiger partial charge in [0.15, 0.2) is 0 Å². The minimum Gasteiger partial charge on any atom is -0.240 e. The molecule has 0 unspecified atom stereocenters. The fourth-order valence-electron chi connectivity index (χ4n) is 1.21. The number of nitrogens with zero attached hydrogens (tertiary/aromatic N) is 2. The van der Waals surface area contributed by atoms with E-state index in [9.17, 15) is 0 Å². The molecule has 2 rings (SSSR count). The summed E-state index contributed by atoms with van der Waals surface area (Å²) in [5.74, 6) is 0.